The monoisotopic (exact) mass is 146 g/mol. The zero-order valence-electron chi connectivity index (χ0n) is 5.84. The predicted molar refractivity (Wildman–Crippen MR) is 42.3 cm³/mol. The lowest BCUT2D eigenvalue weighted by Gasteiger charge is -2.27. The van der Waals surface area contributed by atoms with Crippen LogP contribution in [0.15, 0.2) is 0 Å². The quantitative estimate of drug-likeness (QED) is 0.552. The van der Waals surface area contributed by atoms with E-state index in [9.17, 15) is 0 Å². The molecule has 1 unspecified atom stereocenters. The first kappa shape index (κ1) is 7.38. The third-order valence-electron chi connectivity index (χ3n) is 1.77. The van der Waals surface area contributed by atoms with Crippen molar-refractivity contribution in [2.75, 3.05) is 20.1 Å². The first-order valence-electron chi connectivity index (χ1n) is 3.37. The van der Waals surface area contributed by atoms with Gasteiger partial charge in [-0.2, -0.15) is 0 Å². The average molecular weight is 146 g/mol. The van der Waals surface area contributed by atoms with Gasteiger partial charge < -0.3 is 4.90 Å². The third-order valence-corrected chi connectivity index (χ3v) is 2.54. The predicted octanol–water partition coefficient (Wildman–Crippen LogP) is 0.688. The van der Waals surface area contributed by atoms with Gasteiger partial charge in [-0.15, -0.1) is 0 Å². The van der Waals surface area contributed by atoms with Gasteiger partial charge in [-0.25, -0.2) is 0 Å². The second kappa shape index (κ2) is 3.44. The van der Waals surface area contributed by atoms with Crippen LogP contribution in [0.1, 0.15) is 12.8 Å². The van der Waals surface area contributed by atoms with E-state index in [-0.39, 0.29) is 0 Å². The summed E-state index contributed by atoms with van der Waals surface area (Å²) in [5, 5.41) is 6.14. The fourth-order valence-corrected chi connectivity index (χ4v) is 1.87. The maximum atomic E-state index is 5.46. The molecular weight excluding hydrogens is 132 g/mol. The van der Waals surface area contributed by atoms with Crippen LogP contribution < -0.4 is 5.14 Å². The fraction of sp³-hybridized carbons (Fsp3) is 1.00. The standard InChI is InChI=1S/C6H14N2S/c1-8-4-2-3-6(5-8)9-7/h6H,2-5,7H2,1H3. The van der Waals surface area contributed by atoms with Crippen LogP contribution in [0.2, 0.25) is 0 Å². The average Bonchev–Trinajstić information content (AvgIpc) is 1.88. The zero-order chi connectivity index (χ0) is 6.69. The summed E-state index contributed by atoms with van der Waals surface area (Å²) in [4.78, 5) is 2.34. The highest BCUT2D eigenvalue weighted by Crippen LogP contribution is 2.16. The van der Waals surface area contributed by atoms with Crippen molar-refractivity contribution in [3.05, 3.63) is 0 Å². The SMILES string of the molecule is CN1CCCC(SN)C1. The Balaban J connectivity index is 2.23. The molecule has 1 saturated heterocycles. The highest BCUT2D eigenvalue weighted by Gasteiger charge is 2.15. The van der Waals surface area contributed by atoms with Gasteiger partial charge in [-0.3, -0.25) is 5.14 Å². The molecule has 1 heterocycles. The number of nitrogens with two attached hydrogens (primary N) is 1. The molecule has 0 bridgehead atoms. The lowest BCUT2D eigenvalue weighted by molar-refractivity contribution is 0.283. The summed E-state index contributed by atoms with van der Waals surface area (Å²) in [7, 11) is 2.16. The molecule has 2 N–H and O–H groups in total. The van der Waals surface area contributed by atoms with Gasteiger partial charge in [0.2, 0.25) is 0 Å². The van der Waals surface area contributed by atoms with Gasteiger partial charge in [0.1, 0.15) is 0 Å². The van der Waals surface area contributed by atoms with E-state index in [2.05, 4.69) is 11.9 Å². The number of rotatable bonds is 1. The first-order valence-corrected chi connectivity index (χ1v) is 4.31. The molecule has 9 heavy (non-hydrogen) atoms. The smallest absolute Gasteiger partial charge is 0.0318 e. The maximum Gasteiger partial charge on any atom is 0.0318 e. The Morgan fingerprint density at radius 3 is 2.89 bits per heavy atom. The fourth-order valence-electron chi connectivity index (χ4n) is 1.23. The highest BCUT2D eigenvalue weighted by molar-refractivity contribution is 7.97. The molecule has 0 saturated carbocycles. The van der Waals surface area contributed by atoms with Gasteiger partial charge in [0.05, 0.1) is 0 Å². The first-order chi connectivity index (χ1) is 4.33. The molecule has 0 aromatic rings. The number of piperidine rings is 1. The second-order valence-electron chi connectivity index (χ2n) is 2.66. The number of nitrogens with zero attached hydrogens (tertiary/aromatic N) is 1. The van der Waals surface area contributed by atoms with Crippen molar-refractivity contribution in [1.29, 1.82) is 0 Å². The minimum Gasteiger partial charge on any atom is -0.305 e. The van der Waals surface area contributed by atoms with Crippen molar-refractivity contribution in [2.45, 2.75) is 18.1 Å². The van der Waals surface area contributed by atoms with E-state index < -0.39 is 0 Å². The van der Waals surface area contributed by atoms with Crippen molar-refractivity contribution in [3.8, 4) is 0 Å². The lowest BCUT2D eigenvalue weighted by atomic mass is 10.1. The summed E-state index contributed by atoms with van der Waals surface area (Å²) in [6.07, 6.45) is 2.61. The van der Waals surface area contributed by atoms with E-state index in [0.717, 1.165) is 0 Å². The molecule has 0 radical (unpaired) electrons. The molecule has 0 aliphatic carbocycles. The number of hydrogen-bond acceptors (Lipinski definition) is 3. The van der Waals surface area contributed by atoms with E-state index in [1.807, 2.05) is 0 Å². The number of likely N-dealkylation sites (tertiary alicyclic amines) is 1. The van der Waals surface area contributed by atoms with Crippen molar-refractivity contribution in [2.24, 2.45) is 5.14 Å². The molecule has 0 spiro atoms. The lowest BCUT2D eigenvalue weighted by Crippen LogP contribution is -2.34. The van der Waals surface area contributed by atoms with E-state index in [4.69, 9.17) is 5.14 Å². The topological polar surface area (TPSA) is 29.3 Å². The summed E-state index contributed by atoms with van der Waals surface area (Å²) in [5.74, 6) is 0. The molecule has 0 aromatic carbocycles. The molecule has 0 amide bonds. The minimum absolute atomic E-state index is 0.684. The van der Waals surface area contributed by atoms with Crippen LogP contribution in [-0.2, 0) is 0 Å². The van der Waals surface area contributed by atoms with Gasteiger partial charge >= 0.3 is 0 Å². The van der Waals surface area contributed by atoms with Crippen molar-refractivity contribution >= 4 is 11.9 Å². The minimum atomic E-state index is 0.684. The molecule has 54 valence electrons. The molecule has 1 aliphatic heterocycles. The Hall–Kier alpha value is 0.270. The Bertz CT molecular complexity index is 87.1. The van der Waals surface area contributed by atoms with Crippen molar-refractivity contribution in [1.82, 2.24) is 4.90 Å². The van der Waals surface area contributed by atoms with Crippen LogP contribution in [0.4, 0.5) is 0 Å². The molecule has 0 aromatic heterocycles. The Morgan fingerprint density at radius 2 is 2.44 bits per heavy atom. The second-order valence-corrected chi connectivity index (χ2v) is 3.60. The van der Waals surface area contributed by atoms with Crippen LogP contribution in [0.3, 0.4) is 0 Å². The van der Waals surface area contributed by atoms with E-state index in [1.165, 1.54) is 37.9 Å². The van der Waals surface area contributed by atoms with Crippen LogP contribution in [-0.4, -0.2) is 30.3 Å². The Labute approximate surface area is 60.9 Å². The zero-order valence-corrected chi connectivity index (χ0v) is 6.66. The van der Waals surface area contributed by atoms with Gasteiger partial charge in [0, 0.05) is 11.8 Å². The normalized spacial score (nSPS) is 30.7. The summed E-state index contributed by atoms with van der Waals surface area (Å²) in [6.45, 7) is 2.41. The van der Waals surface area contributed by atoms with E-state index in [0.29, 0.717) is 5.25 Å². The van der Waals surface area contributed by atoms with Crippen LogP contribution in [0, 0.1) is 0 Å². The summed E-state index contributed by atoms with van der Waals surface area (Å²) >= 11 is 1.51. The molecular formula is C6H14N2S. The van der Waals surface area contributed by atoms with Crippen LogP contribution in [0.25, 0.3) is 0 Å². The maximum absolute atomic E-state index is 5.46. The summed E-state index contributed by atoms with van der Waals surface area (Å²) in [5.41, 5.74) is 0. The van der Waals surface area contributed by atoms with E-state index in [1.54, 1.807) is 0 Å². The largest absolute Gasteiger partial charge is 0.305 e. The summed E-state index contributed by atoms with van der Waals surface area (Å²) < 4.78 is 0. The Morgan fingerprint density at radius 1 is 1.67 bits per heavy atom. The van der Waals surface area contributed by atoms with Crippen LogP contribution >= 0.6 is 11.9 Å². The van der Waals surface area contributed by atoms with Crippen molar-refractivity contribution < 1.29 is 0 Å². The molecule has 3 heteroatoms. The highest BCUT2D eigenvalue weighted by atomic mass is 32.2. The van der Waals surface area contributed by atoms with Gasteiger partial charge in [-0.1, -0.05) is 11.9 Å². The summed E-state index contributed by atoms with van der Waals surface area (Å²) in [6, 6.07) is 0. The van der Waals surface area contributed by atoms with Gasteiger partial charge in [0.25, 0.3) is 0 Å². The molecule has 2 nitrogen and oxygen atoms in total. The van der Waals surface area contributed by atoms with Gasteiger partial charge in [-0.05, 0) is 26.4 Å². The Kier molecular flexibility index (Phi) is 2.82. The van der Waals surface area contributed by atoms with Gasteiger partial charge in [0.15, 0.2) is 0 Å². The molecule has 1 atom stereocenters. The van der Waals surface area contributed by atoms with Crippen LogP contribution in [0.5, 0.6) is 0 Å². The van der Waals surface area contributed by atoms with E-state index >= 15 is 0 Å². The third kappa shape index (κ3) is 2.16. The molecule has 1 fully saturated rings. The molecule has 1 aliphatic rings. The molecule has 1 rings (SSSR count). The number of hydrogen-bond donors (Lipinski definition) is 1. The van der Waals surface area contributed by atoms with Crippen molar-refractivity contribution in [3.63, 3.8) is 0 Å².